The predicted molar refractivity (Wildman–Crippen MR) is 60.0 cm³/mol. The largest absolute Gasteiger partial charge is 0.268 e. The van der Waals surface area contributed by atoms with Crippen LogP contribution in [0.1, 0.15) is 5.56 Å². The zero-order valence-corrected chi connectivity index (χ0v) is 8.88. The molecule has 0 saturated heterocycles. The minimum Gasteiger partial charge on any atom is -0.268 e. The molecule has 1 heterocycles. The second kappa shape index (κ2) is 3.87. The fourth-order valence-electron chi connectivity index (χ4n) is 1.30. The molecule has 3 nitrogen and oxygen atoms in total. The maximum atomic E-state index is 11.1. The van der Waals surface area contributed by atoms with Crippen molar-refractivity contribution in [1.29, 1.82) is 0 Å². The molecule has 0 amide bonds. The topological polar surface area (TPSA) is 45.8 Å². The number of benzene rings is 1. The van der Waals surface area contributed by atoms with Gasteiger partial charge in [-0.3, -0.25) is 4.79 Å². The van der Waals surface area contributed by atoms with Crippen LogP contribution in [0.3, 0.4) is 0 Å². The fraction of sp³-hybridized carbons (Fsp3) is 0.0909. The van der Waals surface area contributed by atoms with E-state index < -0.39 is 0 Å². The number of rotatable bonds is 1. The first-order valence-corrected chi connectivity index (χ1v) is 4.87. The summed E-state index contributed by atoms with van der Waals surface area (Å²) in [5.41, 5.74) is 2.08. The summed E-state index contributed by atoms with van der Waals surface area (Å²) >= 11 is 5.87. The standard InChI is InChI=1S/C11H9ClN2O/c1-7-5-10(13-14-11(7)15)8-3-2-4-9(12)6-8/h2-6H,1H3,(H,14,15). The molecule has 0 atom stereocenters. The second-order valence-electron chi connectivity index (χ2n) is 3.28. The molecule has 0 radical (unpaired) electrons. The van der Waals surface area contributed by atoms with Crippen molar-refractivity contribution in [3.05, 3.63) is 51.3 Å². The molecule has 2 aromatic rings. The van der Waals surface area contributed by atoms with Gasteiger partial charge in [-0.25, -0.2) is 5.10 Å². The van der Waals surface area contributed by atoms with E-state index >= 15 is 0 Å². The van der Waals surface area contributed by atoms with Crippen molar-refractivity contribution in [2.24, 2.45) is 0 Å². The molecule has 0 bridgehead atoms. The second-order valence-corrected chi connectivity index (χ2v) is 3.71. The molecule has 0 aliphatic heterocycles. The third-order valence-electron chi connectivity index (χ3n) is 2.11. The van der Waals surface area contributed by atoms with E-state index in [0.717, 1.165) is 11.3 Å². The summed E-state index contributed by atoms with van der Waals surface area (Å²) in [7, 11) is 0. The first kappa shape index (κ1) is 9.93. The van der Waals surface area contributed by atoms with Crippen LogP contribution in [0.25, 0.3) is 11.3 Å². The number of aryl methyl sites for hydroxylation is 1. The number of halogens is 1. The quantitative estimate of drug-likeness (QED) is 0.802. The molecule has 0 unspecified atom stereocenters. The van der Waals surface area contributed by atoms with Crippen molar-refractivity contribution in [3.63, 3.8) is 0 Å². The van der Waals surface area contributed by atoms with Crippen molar-refractivity contribution in [2.45, 2.75) is 6.92 Å². The Labute approximate surface area is 91.7 Å². The Morgan fingerprint density at radius 1 is 1.33 bits per heavy atom. The highest BCUT2D eigenvalue weighted by Gasteiger charge is 2.02. The van der Waals surface area contributed by atoms with Crippen LogP contribution in [0.5, 0.6) is 0 Å². The summed E-state index contributed by atoms with van der Waals surface area (Å²) < 4.78 is 0. The van der Waals surface area contributed by atoms with Gasteiger partial charge in [-0.2, -0.15) is 5.10 Å². The van der Waals surface area contributed by atoms with E-state index in [9.17, 15) is 4.79 Å². The van der Waals surface area contributed by atoms with E-state index in [1.165, 1.54) is 0 Å². The van der Waals surface area contributed by atoms with Crippen LogP contribution in [0, 0.1) is 6.92 Å². The summed E-state index contributed by atoms with van der Waals surface area (Å²) in [6.07, 6.45) is 0. The van der Waals surface area contributed by atoms with Crippen molar-refractivity contribution in [2.75, 3.05) is 0 Å². The molecule has 1 N–H and O–H groups in total. The van der Waals surface area contributed by atoms with Crippen LogP contribution < -0.4 is 5.56 Å². The van der Waals surface area contributed by atoms with Crippen LogP contribution >= 0.6 is 11.6 Å². The molecular formula is C11H9ClN2O. The predicted octanol–water partition coefficient (Wildman–Crippen LogP) is 2.40. The van der Waals surface area contributed by atoms with Gasteiger partial charge in [-0.05, 0) is 25.1 Å². The van der Waals surface area contributed by atoms with Crippen LogP contribution in [0.2, 0.25) is 5.02 Å². The van der Waals surface area contributed by atoms with Gasteiger partial charge in [0.15, 0.2) is 0 Å². The Morgan fingerprint density at radius 2 is 2.13 bits per heavy atom. The third kappa shape index (κ3) is 2.07. The van der Waals surface area contributed by atoms with Gasteiger partial charge in [-0.1, -0.05) is 23.7 Å². The Hall–Kier alpha value is -1.61. The molecule has 76 valence electrons. The van der Waals surface area contributed by atoms with Gasteiger partial charge in [0.2, 0.25) is 0 Å². The molecule has 0 aliphatic carbocycles. The Morgan fingerprint density at radius 3 is 2.80 bits per heavy atom. The number of nitrogens with zero attached hydrogens (tertiary/aromatic N) is 1. The van der Waals surface area contributed by atoms with Gasteiger partial charge in [0, 0.05) is 16.1 Å². The number of hydrogen-bond acceptors (Lipinski definition) is 2. The molecule has 0 aliphatic rings. The fourth-order valence-corrected chi connectivity index (χ4v) is 1.49. The highest BCUT2D eigenvalue weighted by atomic mass is 35.5. The van der Waals surface area contributed by atoms with Crippen LogP contribution in [-0.4, -0.2) is 10.2 Å². The lowest BCUT2D eigenvalue weighted by Crippen LogP contribution is -2.11. The molecule has 15 heavy (non-hydrogen) atoms. The summed E-state index contributed by atoms with van der Waals surface area (Å²) in [6.45, 7) is 1.74. The summed E-state index contributed by atoms with van der Waals surface area (Å²) in [6, 6.07) is 9.08. The molecule has 2 rings (SSSR count). The normalized spacial score (nSPS) is 10.3. The molecule has 4 heteroatoms. The van der Waals surface area contributed by atoms with Crippen molar-refractivity contribution < 1.29 is 0 Å². The summed E-state index contributed by atoms with van der Waals surface area (Å²) in [5.74, 6) is 0. The lowest BCUT2D eigenvalue weighted by molar-refractivity contribution is 0.976. The molecular weight excluding hydrogens is 212 g/mol. The zero-order valence-electron chi connectivity index (χ0n) is 8.12. The van der Waals surface area contributed by atoms with Crippen LogP contribution in [0.15, 0.2) is 35.1 Å². The lowest BCUT2D eigenvalue weighted by atomic mass is 10.1. The van der Waals surface area contributed by atoms with Gasteiger partial charge in [0.05, 0.1) is 5.69 Å². The zero-order chi connectivity index (χ0) is 10.8. The monoisotopic (exact) mass is 220 g/mol. The van der Waals surface area contributed by atoms with Crippen molar-refractivity contribution >= 4 is 11.6 Å². The van der Waals surface area contributed by atoms with Crippen molar-refractivity contribution in [1.82, 2.24) is 10.2 Å². The molecule has 0 saturated carbocycles. The average molecular weight is 221 g/mol. The summed E-state index contributed by atoms with van der Waals surface area (Å²) in [4.78, 5) is 11.1. The highest BCUT2D eigenvalue weighted by Crippen LogP contribution is 2.19. The van der Waals surface area contributed by atoms with Gasteiger partial charge < -0.3 is 0 Å². The van der Waals surface area contributed by atoms with Crippen molar-refractivity contribution in [3.8, 4) is 11.3 Å². The Kier molecular flexibility index (Phi) is 2.56. The first-order valence-electron chi connectivity index (χ1n) is 4.49. The van der Waals surface area contributed by atoms with E-state index in [4.69, 9.17) is 11.6 Å². The van der Waals surface area contributed by atoms with Crippen LogP contribution in [-0.2, 0) is 0 Å². The Bertz CT molecular complexity index is 548. The maximum absolute atomic E-state index is 11.1. The Balaban J connectivity index is 2.55. The molecule has 0 fully saturated rings. The van der Waals surface area contributed by atoms with Crippen LogP contribution in [0.4, 0.5) is 0 Å². The SMILES string of the molecule is Cc1cc(-c2cccc(Cl)c2)n[nH]c1=O. The third-order valence-corrected chi connectivity index (χ3v) is 2.34. The van der Waals surface area contributed by atoms with Gasteiger partial charge in [-0.15, -0.1) is 0 Å². The molecule has 1 aromatic heterocycles. The van der Waals surface area contributed by atoms with Gasteiger partial charge in [0.1, 0.15) is 0 Å². The lowest BCUT2D eigenvalue weighted by Gasteiger charge is -2.01. The average Bonchev–Trinajstić information content (AvgIpc) is 2.22. The van der Waals surface area contributed by atoms with Gasteiger partial charge >= 0.3 is 0 Å². The smallest absolute Gasteiger partial charge is 0.267 e. The van der Waals surface area contributed by atoms with E-state index in [-0.39, 0.29) is 5.56 Å². The van der Waals surface area contributed by atoms with E-state index in [1.807, 2.05) is 18.2 Å². The minimum atomic E-state index is -0.166. The van der Waals surface area contributed by atoms with E-state index in [1.54, 1.807) is 19.1 Å². The number of aromatic amines is 1. The number of aromatic nitrogens is 2. The maximum Gasteiger partial charge on any atom is 0.267 e. The molecule has 1 aromatic carbocycles. The molecule has 0 spiro atoms. The minimum absolute atomic E-state index is 0.166. The first-order chi connectivity index (χ1) is 7.16. The number of H-pyrrole nitrogens is 1. The highest BCUT2D eigenvalue weighted by molar-refractivity contribution is 6.30. The summed E-state index contributed by atoms with van der Waals surface area (Å²) in [5, 5.41) is 7.04. The van der Waals surface area contributed by atoms with E-state index in [2.05, 4.69) is 10.2 Å². The van der Waals surface area contributed by atoms with E-state index in [0.29, 0.717) is 10.6 Å². The number of hydrogen-bond donors (Lipinski definition) is 1. The van der Waals surface area contributed by atoms with Gasteiger partial charge in [0.25, 0.3) is 5.56 Å². The number of nitrogens with one attached hydrogen (secondary N) is 1.